The number of aromatic nitrogens is 3. The summed E-state index contributed by atoms with van der Waals surface area (Å²) in [6.07, 6.45) is 0. The number of hydrogen-bond donors (Lipinski definition) is 0. The van der Waals surface area contributed by atoms with Gasteiger partial charge in [0, 0.05) is 11.1 Å². The van der Waals surface area contributed by atoms with E-state index in [1.54, 1.807) is 22.7 Å². The average molecular weight is 254 g/mol. The maximum atomic E-state index is 4.44. The van der Waals surface area contributed by atoms with Gasteiger partial charge in [0.2, 0.25) is 0 Å². The zero-order valence-electron chi connectivity index (χ0n) is 9.60. The minimum Gasteiger partial charge on any atom is -0.293 e. The Labute approximate surface area is 103 Å². The van der Waals surface area contributed by atoms with Gasteiger partial charge < -0.3 is 0 Å². The Hall–Kier alpha value is -0.850. The SMILES string of the molecule is Cc1csc(CN(C)Cc2nnc(C)s2)n1. The molecule has 6 heteroatoms. The smallest absolute Gasteiger partial charge is 0.131 e. The van der Waals surface area contributed by atoms with Crippen LogP contribution in [-0.2, 0) is 13.1 Å². The Morgan fingerprint density at radius 2 is 1.94 bits per heavy atom. The summed E-state index contributed by atoms with van der Waals surface area (Å²) in [5.74, 6) is 0. The minimum absolute atomic E-state index is 0.837. The first-order valence-corrected chi connectivity index (χ1v) is 6.71. The quantitative estimate of drug-likeness (QED) is 0.839. The molecule has 4 nitrogen and oxygen atoms in total. The van der Waals surface area contributed by atoms with Crippen LogP contribution < -0.4 is 0 Å². The molecule has 2 aromatic rings. The van der Waals surface area contributed by atoms with Crippen molar-refractivity contribution < 1.29 is 0 Å². The van der Waals surface area contributed by atoms with Gasteiger partial charge in [0.05, 0.1) is 13.1 Å². The highest BCUT2D eigenvalue weighted by atomic mass is 32.1. The molecular weight excluding hydrogens is 240 g/mol. The lowest BCUT2D eigenvalue weighted by molar-refractivity contribution is 0.317. The monoisotopic (exact) mass is 254 g/mol. The van der Waals surface area contributed by atoms with Crippen molar-refractivity contribution in [1.82, 2.24) is 20.1 Å². The van der Waals surface area contributed by atoms with E-state index in [0.29, 0.717) is 0 Å². The van der Waals surface area contributed by atoms with Crippen molar-refractivity contribution in [1.29, 1.82) is 0 Å². The lowest BCUT2D eigenvalue weighted by atomic mass is 10.5. The molecule has 2 heterocycles. The summed E-state index contributed by atoms with van der Waals surface area (Å²) in [6, 6.07) is 0. The number of nitrogens with zero attached hydrogens (tertiary/aromatic N) is 4. The van der Waals surface area contributed by atoms with Crippen LogP contribution in [0.2, 0.25) is 0 Å². The van der Waals surface area contributed by atoms with Gasteiger partial charge in [-0.05, 0) is 20.9 Å². The normalized spacial score (nSPS) is 11.2. The molecule has 0 aromatic carbocycles. The van der Waals surface area contributed by atoms with Gasteiger partial charge in [0.15, 0.2) is 0 Å². The lowest BCUT2D eigenvalue weighted by Gasteiger charge is -2.12. The molecule has 2 aromatic heterocycles. The van der Waals surface area contributed by atoms with E-state index in [4.69, 9.17) is 0 Å². The molecule has 16 heavy (non-hydrogen) atoms. The summed E-state index contributed by atoms with van der Waals surface area (Å²) >= 11 is 3.36. The Morgan fingerprint density at radius 3 is 2.50 bits per heavy atom. The summed E-state index contributed by atoms with van der Waals surface area (Å²) in [6.45, 7) is 5.71. The Balaban J connectivity index is 1.91. The maximum absolute atomic E-state index is 4.44. The van der Waals surface area contributed by atoms with Crippen molar-refractivity contribution in [3.05, 3.63) is 26.1 Å². The highest BCUT2D eigenvalue weighted by Crippen LogP contribution is 2.14. The molecule has 0 saturated heterocycles. The second-order valence-corrected chi connectivity index (χ2v) is 5.98. The molecule has 0 atom stereocenters. The van der Waals surface area contributed by atoms with E-state index in [0.717, 1.165) is 33.8 Å². The molecule has 0 radical (unpaired) electrons. The van der Waals surface area contributed by atoms with Gasteiger partial charge in [-0.3, -0.25) is 4.90 Å². The molecule has 2 rings (SSSR count). The van der Waals surface area contributed by atoms with Crippen LogP contribution in [0.5, 0.6) is 0 Å². The zero-order valence-corrected chi connectivity index (χ0v) is 11.2. The van der Waals surface area contributed by atoms with E-state index < -0.39 is 0 Å². The summed E-state index contributed by atoms with van der Waals surface area (Å²) in [7, 11) is 2.08. The van der Waals surface area contributed by atoms with E-state index in [9.17, 15) is 0 Å². The van der Waals surface area contributed by atoms with E-state index in [1.165, 1.54) is 0 Å². The van der Waals surface area contributed by atoms with Gasteiger partial charge in [-0.25, -0.2) is 4.98 Å². The van der Waals surface area contributed by atoms with Crippen LogP contribution in [-0.4, -0.2) is 27.1 Å². The van der Waals surface area contributed by atoms with E-state index >= 15 is 0 Å². The predicted molar refractivity (Wildman–Crippen MR) is 66.7 cm³/mol. The highest BCUT2D eigenvalue weighted by Gasteiger charge is 2.07. The van der Waals surface area contributed by atoms with Crippen molar-refractivity contribution >= 4 is 22.7 Å². The maximum Gasteiger partial charge on any atom is 0.131 e. The predicted octanol–water partition coefficient (Wildman–Crippen LogP) is 2.24. The average Bonchev–Trinajstić information content (AvgIpc) is 2.76. The van der Waals surface area contributed by atoms with Gasteiger partial charge in [0.25, 0.3) is 0 Å². The first-order valence-electron chi connectivity index (χ1n) is 5.02. The summed E-state index contributed by atoms with van der Waals surface area (Å²) in [5.41, 5.74) is 1.10. The molecule has 86 valence electrons. The number of thiazole rings is 1. The second-order valence-electron chi connectivity index (χ2n) is 3.77. The van der Waals surface area contributed by atoms with Crippen molar-refractivity contribution in [3.8, 4) is 0 Å². The molecule has 0 bridgehead atoms. The molecular formula is C10H14N4S2. The van der Waals surface area contributed by atoms with Crippen molar-refractivity contribution in [3.63, 3.8) is 0 Å². The van der Waals surface area contributed by atoms with Crippen LogP contribution in [0, 0.1) is 13.8 Å². The number of hydrogen-bond acceptors (Lipinski definition) is 6. The van der Waals surface area contributed by atoms with Crippen LogP contribution in [0.25, 0.3) is 0 Å². The van der Waals surface area contributed by atoms with Crippen LogP contribution in [0.4, 0.5) is 0 Å². The fourth-order valence-electron chi connectivity index (χ4n) is 1.39. The molecule has 0 saturated carbocycles. The Morgan fingerprint density at radius 1 is 1.19 bits per heavy atom. The van der Waals surface area contributed by atoms with Gasteiger partial charge >= 0.3 is 0 Å². The van der Waals surface area contributed by atoms with Crippen LogP contribution in [0.15, 0.2) is 5.38 Å². The molecule has 0 aliphatic heterocycles. The zero-order chi connectivity index (χ0) is 11.5. The van der Waals surface area contributed by atoms with Crippen molar-refractivity contribution in [2.75, 3.05) is 7.05 Å². The third kappa shape index (κ3) is 3.07. The molecule has 0 aliphatic rings. The standard InChI is InChI=1S/C10H14N4S2/c1-7-6-15-9(11-7)4-14(3)5-10-13-12-8(2)16-10/h6H,4-5H2,1-3H3. The lowest BCUT2D eigenvalue weighted by Crippen LogP contribution is -2.17. The number of rotatable bonds is 4. The fourth-order valence-corrected chi connectivity index (χ4v) is 3.03. The molecule has 0 N–H and O–H groups in total. The third-order valence-corrected chi connectivity index (χ3v) is 3.82. The fraction of sp³-hybridized carbons (Fsp3) is 0.500. The molecule has 0 aliphatic carbocycles. The first kappa shape index (κ1) is 11.6. The molecule has 0 fully saturated rings. The highest BCUT2D eigenvalue weighted by molar-refractivity contribution is 7.11. The first-order chi connectivity index (χ1) is 7.63. The van der Waals surface area contributed by atoms with Gasteiger partial charge in [-0.15, -0.1) is 32.9 Å². The summed E-state index contributed by atoms with van der Waals surface area (Å²) in [4.78, 5) is 6.65. The van der Waals surface area contributed by atoms with E-state index in [2.05, 4.69) is 32.5 Å². The van der Waals surface area contributed by atoms with Gasteiger partial charge in [0.1, 0.15) is 15.0 Å². The Bertz CT molecular complexity index is 421. The Kier molecular flexibility index (Phi) is 3.63. The topological polar surface area (TPSA) is 41.9 Å². The minimum atomic E-state index is 0.837. The van der Waals surface area contributed by atoms with Crippen LogP contribution >= 0.6 is 22.7 Å². The largest absolute Gasteiger partial charge is 0.293 e. The van der Waals surface area contributed by atoms with Crippen LogP contribution in [0.3, 0.4) is 0 Å². The second kappa shape index (κ2) is 4.99. The summed E-state index contributed by atoms with van der Waals surface area (Å²) < 4.78 is 0. The third-order valence-electron chi connectivity index (χ3n) is 2.04. The number of aryl methyl sites for hydroxylation is 2. The van der Waals surface area contributed by atoms with Gasteiger partial charge in [-0.2, -0.15) is 0 Å². The van der Waals surface area contributed by atoms with E-state index in [1.807, 2.05) is 13.8 Å². The van der Waals surface area contributed by atoms with E-state index in [-0.39, 0.29) is 0 Å². The molecule has 0 amide bonds. The van der Waals surface area contributed by atoms with Crippen molar-refractivity contribution in [2.45, 2.75) is 26.9 Å². The summed E-state index contributed by atoms with van der Waals surface area (Å²) in [5, 5.41) is 13.4. The van der Waals surface area contributed by atoms with Crippen LogP contribution in [0.1, 0.15) is 20.7 Å². The van der Waals surface area contributed by atoms with Crippen molar-refractivity contribution in [2.24, 2.45) is 0 Å². The molecule has 0 spiro atoms. The molecule has 0 unspecified atom stereocenters. The van der Waals surface area contributed by atoms with Gasteiger partial charge in [-0.1, -0.05) is 0 Å².